The van der Waals surface area contributed by atoms with Crippen LogP contribution in [0.1, 0.15) is 19.5 Å². The van der Waals surface area contributed by atoms with E-state index in [9.17, 15) is 9.90 Å². The van der Waals surface area contributed by atoms with Crippen molar-refractivity contribution in [2.45, 2.75) is 20.3 Å². The van der Waals surface area contributed by atoms with Crippen molar-refractivity contribution in [2.24, 2.45) is 0 Å². The van der Waals surface area contributed by atoms with Gasteiger partial charge >= 0.3 is 29.6 Å². The number of halogens is 1. The minimum absolute atomic E-state index is 0. The molecular weight excluding hydrogens is 213 g/mol. The summed E-state index contributed by atoms with van der Waals surface area (Å²) in [6.07, 6.45) is 1.25. The van der Waals surface area contributed by atoms with Gasteiger partial charge in [0, 0.05) is 18.6 Å². The molecule has 1 aromatic heterocycles. The number of hydrogen-bond donors (Lipinski definition) is 0. The average Bonchev–Trinajstić information content (AvgIpc) is 2.12. The Morgan fingerprint density at radius 1 is 1.57 bits per heavy atom. The first kappa shape index (κ1) is 16.3. The average molecular weight is 224 g/mol. The maximum atomic E-state index is 10.1. The zero-order valence-corrected chi connectivity index (χ0v) is 11.3. The van der Waals surface area contributed by atoms with Crippen LogP contribution in [0.4, 0.5) is 0 Å². The summed E-state index contributed by atoms with van der Waals surface area (Å²) in [5.74, 6) is -1.18. The van der Waals surface area contributed by atoms with Crippen LogP contribution in [0, 0.1) is 0 Å². The number of rotatable bonds is 2. The Morgan fingerprint density at radius 3 is 2.57 bits per heavy atom. The molecule has 0 N–H and O–H groups in total. The number of nitrogens with zero attached hydrogens (tertiary/aromatic N) is 1. The van der Waals surface area contributed by atoms with Gasteiger partial charge in [-0.3, -0.25) is 4.98 Å². The van der Waals surface area contributed by atoms with Crippen LogP contribution in [0.15, 0.2) is 18.3 Å². The van der Waals surface area contributed by atoms with E-state index < -0.39 is 5.97 Å². The Labute approximate surface area is 111 Å². The number of hydrogen-bond acceptors (Lipinski definition) is 3. The van der Waals surface area contributed by atoms with Gasteiger partial charge in [-0.25, -0.2) is 0 Å². The fourth-order valence-electron chi connectivity index (χ4n) is 0.685. The number of pyridine rings is 1. The Hall–Kier alpha value is -0.0900. The van der Waals surface area contributed by atoms with E-state index in [1.807, 2.05) is 13.8 Å². The van der Waals surface area contributed by atoms with Crippen molar-refractivity contribution in [3.8, 4) is 0 Å². The van der Waals surface area contributed by atoms with Crippen molar-refractivity contribution < 1.29 is 39.5 Å². The van der Waals surface area contributed by atoms with Gasteiger partial charge in [0.15, 0.2) is 0 Å². The van der Waals surface area contributed by atoms with Gasteiger partial charge in [-0.1, -0.05) is 25.4 Å². The van der Waals surface area contributed by atoms with Crippen LogP contribution in [0.2, 0.25) is 5.02 Å². The van der Waals surface area contributed by atoms with Gasteiger partial charge in [0.2, 0.25) is 0 Å². The first-order valence-electron chi connectivity index (χ1n) is 3.99. The monoisotopic (exact) mass is 223 g/mol. The molecule has 0 radical (unpaired) electrons. The SMILES string of the molecule is CC.O=C([O-])Cc1ncccc1Cl.[Na+]. The second-order valence-electron chi connectivity index (χ2n) is 1.98. The van der Waals surface area contributed by atoms with Gasteiger partial charge in [-0.15, -0.1) is 0 Å². The molecule has 72 valence electrons. The van der Waals surface area contributed by atoms with Crippen LogP contribution in [0.5, 0.6) is 0 Å². The van der Waals surface area contributed by atoms with Crippen LogP contribution in [-0.4, -0.2) is 11.0 Å². The molecule has 5 heteroatoms. The summed E-state index contributed by atoms with van der Waals surface area (Å²) in [4.78, 5) is 13.9. The largest absolute Gasteiger partial charge is 1.00 e. The van der Waals surface area contributed by atoms with Gasteiger partial charge in [-0.2, -0.15) is 0 Å². The van der Waals surface area contributed by atoms with E-state index >= 15 is 0 Å². The molecule has 14 heavy (non-hydrogen) atoms. The third kappa shape index (κ3) is 6.38. The number of aliphatic carboxylic acids is 1. The van der Waals surface area contributed by atoms with E-state index in [4.69, 9.17) is 11.6 Å². The topological polar surface area (TPSA) is 53.0 Å². The molecule has 0 aromatic carbocycles. The minimum atomic E-state index is -1.18. The maximum Gasteiger partial charge on any atom is 1.00 e. The molecule has 0 spiro atoms. The summed E-state index contributed by atoms with van der Waals surface area (Å²) in [6.45, 7) is 4.00. The van der Waals surface area contributed by atoms with E-state index in [2.05, 4.69) is 4.98 Å². The van der Waals surface area contributed by atoms with E-state index in [0.717, 1.165) is 0 Å². The van der Waals surface area contributed by atoms with Gasteiger partial charge in [0.05, 0.1) is 10.7 Å². The molecule has 0 aliphatic carbocycles. The Bertz CT molecular complexity index is 281. The Balaban J connectivity index is 0. The molecule has 1 heterocycles. The zero-order chi connectivity index (χ0) is 10.3. The standard InChI is InChI=1S/C7H6ClNO2.C2H6.Na/c8-5-2-1-3-9-6(5)4-7(10)11;1-2;/h1-3H,4H2,(H,10,11);1-2H3;/q;;+1/p-1. The molecular formula is C9H11ClNNaO2. The van der Waals surface area contributed by atoms with E-state index in [1.54, 1.807) is 12.1 Å². The number of carboxylic acids is 1. The molecule has 0 unspecified atom stereocenters. The Kier molecular flexibility index (Phi) is 11.0. The van der Waals surface area contributed by atoms with Gasteiger partial charge in [0.1, 0.15) is 0 Å². The van der Waals surface area contributed by atoms with E-state index in [1.165, 1.54) is 6.20 Å². The molecule has 1 rings (SSSR count). The summed E-state index contributed by atoms with van der Waals surface area (Å²) in [5.41, 5.74) is 0.342. The summed E-state index contributed by atoms with van der Waals surface area (Å²) < 4.78 is 0. The molecule has 1 aromatic rings. The van der Waals surface area contributed by atoms with Gasteiger partial charge < -0.3 is 9.90 Å². The van der Waals surface area contributed by atoms with Crippen LogP contribution in [-0.2, 0) is 11.2 Å². The summed E-state index contributed by atoms with van der Waals surface area (Å²) >= 11 is 5.61. The summed E-state index contributed by atoms with van der Waals surface area (Å²) in [6, 6.07) is 3.23. The molecule has 0 saturated carbocycles. The summed E-state index contributed by atoms with van der Waals surface area (Å²) in [7, 11) is 0. The number of carbonyl (C=O) groups excluding carboxylic acids is 1. The van der Waals surface area contributed by atoms with Gasteiger partial charge in [0.25, 0.3) is 0 Å². The van der Waals surface area contributed by atoms with E-state index in [-0.39, 0.29) is 36.0 Å². The fraction of sp³-hybridized carbons (Fsp3) is 0.333. The molecule has 0 aliphatic rings. The predicted octanol–water partition coefficient (Wildman–Crippen LogP) is -1.94. The van der Waals surface area contributed by atoms with Crippen LogP contribution >= 0.6 is 11.6 Å². The molecule has 0 amide bonds. The van der Waals surface area contributed by atoms with Gasteiger partial charge in [-0.05, 0) is 12.1 Å². The molecule has 0 bridgehead atoms. The molecule has 0 fully saturated rings. The van der Waals surface area contributed by atoms with Crippen molar-refractivity contribution in [1.29, 1.82) is 0 Å². The number of aromatic nitrogens is 1. The summed E-state index contributed by atoms with van der Waals surface area (Å²) in [5, 5.41) is 10.5. The molecule has 3 nitrogen and oxygen atoms in total. The van der Waals surface area contributed by atoms with Crippen molar-refractivity contribution in [2.75, 3.05) is 0 Å². The fourth-order valence-corrected chi connectivity index (χ4v) is 0.874. The van der Waals surface area contributed by atoms with Crippen molar-refractivity contribution in [1.82, 2.24) is 4.98 Å². The normalized spacial score (nSPS) is 7.93. The quantitative estimate of drug-likeness (QED) is 0.548. The zero-order valence-electron chi connectivity index (χ0n) is 8.58. The molecule has 0 atom stereocenters. The number of carboxylic acid groups (broad SMARTS) is 1. The first-order valence-corrected chi connectivity index (χ1v) is 4.37. The molecule has 0 aliphatic heterocycles. The van der Waals surface area contributed by atoms with Crippen molar-refractivity contribution >= 4 is 17.6 Å². The third-order valence-corrected chi connectivity index (χ3v) is 1.49. The Morgan fingerprint density at radius 2 is 2.14 bits per heavy atom. The molecule has 0 saturated heterocycles. The van der Waals surface area contributed by atoms with Crippen LogP contribution in [0.25, 0.3) is 0 Å². The smallest absolute Gasteiger partial charge is 0.550 e. The van der Waals surface area contributed by atoms with E-state index in [0.29, 0.717) is 10.7 Å². The second kappa shape index (κ2) is 9.46. The second-order valence-corrected chi connectivity index (χ2v) is 2.39. The predicted molar refractivity (Wildman–Crippen MR) is 49.3 cm³/mol. The van der Waals surface area contributed by atoms with Crippen LogP contribution in [0.3, 0.4) is 0 Å². The maximum absolute atomic E-state index is 10.1. The number of carbonyl (C=O) groups is 1. The third-order valence-electron chi connectivity index (χ3n) is 1.15. The minimum Gasteiger partial charge on any atom is -0.550 e. The first-order chi connectivity index (χ1) is 6.20. The van der Waals surface area contributed by atoms with Crippen molar-refractivity contribution in [3.63, 3.8) is 0 Å². The van der Waals surface area contributed by atoms with Crippen molar-refractivity contribution in [3.05, 3.63) is 29.0 Å². The van der Waals surface area contributed by atoms with Crippen LogP contribution < -0.4 is 34.7 Å².